The number of aryl methyl sites for hydroxylation is 1. The van der Waals surface area contributed by atoms with Crippen LogP contribution in [0.2, 0.25) is 0 Å². The average molecular weight is 414 g/mol. The van der Waals surface area contributed by atoms with E-state index in [1.807, 2.05) is 0 Å². The molecule has 0 radical (unpaired) electrons. The summed E-state index contributed by atoms with van der Waals surface area (Å²) in [6.45, 7) is 1.75. The van der Waals surface area contributed by atoms with Crippen LogP contribution in [-0.4, -0.2) is 40.3 Å². The Morgan fingerprint density at radius 1 is 0.833 bits per heavy atom. The van der Waals surface area contributed by atoms with Gasteiger partial charge in [-0.05, 0) is 37.3 Å². The van der Waals surface area contributed by atoms with E-state index in [-0.39, 0.29) is 11.3 Å². The fraction of sp³-hybridized carbons (Fsp3) is 0.238. The summed E-state index contributed by atoms with van der Waals surface area (Å²) < 4.78 is 26.5. The van der Waals surface area contributed by atoms with E-state index in [0.29, 0.717) is 34.1 Å². The molecule has 0 saturated heterocycles. The molecule has 30 heavy (non-hydrogen) atoms. The lowest BCUT2D eigenvalue weighted by molar-refractivity contribution is 0.0831. The zero-order valence-electron chi connectivity index (χ0n) is 17.2. The van der Waals surface area contributed by atoms with E-state index in [9.17, 15) is 9.59 Å². The van der Waals surface area contributed by atoms with Gasteiger partial charge in [-0.25, -0.2) is 0 Å². The summed E-state index contributed by atoms with van der Waals surface area (Å²) in [5.74, 6) is 0.554. The zero-order valence-corrected chi connectivity index (χ0v) is 17.2. The van der Waals surface area contributed by atoms with Crippen LogP contribution in [0.1, 0.15) is 26.5 Å². The molecule has 0 aliphatic carbocycles. The van der Waals surface area contributed by atoms with Crippen molar-refractivity contribution in [2.75, 3.05) is 28.4 Å². The average Bonchev–Trinajstić information content (AvgIpc) is 3.11. The lowest BCUT2D eigenvalue weighted by Gasteiger charge is -2.14. The predicted octanol–water partition coefficient (Wildman–Crippen LogP) is 2.85. The maximum atomic E-state index is 12.6. The Balaban J connectivity index is 1.79. The van der Waals surface area contributed by atoms with Crippen LogP contribution in [0, 0.1) is 6.92 Å². The molecule has 158 valence electrons. The second kappa shape index (κ2) is 8.64. The van der Waals surface area contributed by atoms with Crippen LogP contribution in [0.15, 0.2) is 34.7 Å². The Hall–Kier alpha value is -3.88. The topological polar surface area (TPSA) is 108 Å². The second-order valence-electron chi connectivity index (χ2n) is 6.24. The van der Waals surface area contributed by atoms with Crippen molar-refractivity contribution in [2.24, 2.45) is 0 Å². The van der Waals surface area contributed by atoms with Crippen LogP contribution in [0.5, 0.6) is 23.0 Å². The molecule has 0 spiro atoms. The van der Waals surface area contributed by atoms with Crippen LogP contribution < -0.4 is 29.8 Å². The summed E-state index contributed by atoms with van der Waals surface area (Å²) in [4.78, 5) is 25.1. The quantitative estimate of drug-likeness (QED) is 0.597. The molecule has 2 amide bonds. The van der Waals surface area contributed by atoms with E-state index in [4.69, 9.17) is 23.4 Å². The van der Waals surface area contributed by atoms with E-state index in [2.05, 4.69) is 10.9 Å². The van der Waals surface area contributed by atoms with Crippen molar-refractivity contribution < 1.29 is 33.0 Å². The minimum atomic E-state index is -0.594. The van der Waals surface area contributed by atoms with Gasteiger partial charge in [0.05, 0.1) is 28.4 Å². The number of amides is 2. The second-order valence-corrected chi connectivity index (χ2v) is 6.24. The molecule has 0 saturated carbocycles. The lowest BCUT2D eigenvalue weighted by Crippen LogP contribution is -2.41. The maximum absolute atomic E-state index is 12.6. The van der Waals surface area contributed by atoms with Crippen LogP contribution in [-0.2, 0) is 0 Å². The molecular weight excluding hydrogens is 392 g/mol. The Kier molecular flexibility index (Phi) is 6.01. The van der Waals surface area contributed by atoms with E-state index < -0.39 is 11.8 Å². The Morgan fingerprint density at radius 2 is 1.47 bits per heavy atom. The van der Waals surface area contributed by atoms with Crippen molar-refractivity contribution >= 4 is 22.8 Å². The van der Waals surface area contributed by atoms with E-state index in [0.717, 1.165) is 5.39 Å². The first-order valence-electron chi connectivity index (χ1n) is 8.91. The normalized spacial score (nSPS) is 10.4. The smallest absolute Gasteiger partial charge is 0.305 e. The number of hydrogen-bond donors (Lipinski definition) is 2. The maximum Gasteiger partial charge on any atom is 0.305 e. The van der Waals surface area contributed by atoms with Gasteiger partial charge < -0.3 is 23.4 Å². The largest absolute Gasteiger partial charge is 0.497 e. The number of hydrogen-bond acceptors (Lipinski definition) is 7. The molecule has 2 aromatic carbocycles. The van der Waals surface area contributed by atoms with Gasteiger partial charge in [-0.3, -0.25) is 20.4 Å². The molecule has 0 unspecified atom stereocenters. The SMILES string of the molecule is COc1ccc2oc(C(=O)NNC(=O)c3cc(OC)c(OC)c(OC)c3)c(C)c2c1. The lowest BCUT2D eigenvalue weighted by atomic mass is 10.1. The first-order valence-corrected chi connectivity index (χ1v) is 8.91. The van der Waals surface area contributed by atoms with Crippen molar-refractivity contribution in [1.29, 1.82) is 0 Å². The van der Waals surface area contributed by atoms with E-state index >= 15 is 0 Å². The Labute approximate surface area is 172 Å². The van der Waals surface area contributed by atoms with Crippen LogP contribution >= 0.6 is 0 Å². The number of hydrazine groups is 1. The highest BCUT2D eigenvalue weighted by Crippen LogP contribution is 2.38. The van der Waals surface area contributed by atoms with Gasteiger partial charge in [0.2, 0.25) is 5.75 Å². The number of carbonyl (C=O) groups is 2. The van der Waals surface area contributed by atoms with Gasteiger partial charge in [-0.1, -0.05) is 0 Å². The number of fused-ring (bicyclic) bond motifs is 1. The summed E-state index contributed by atoms with van der Waals surface area (Å²) >= 11 is 0. The molecule has 0 aliphatic rings. The van der Waals surface area contributed by atoms with Gasteiger partial charge in [0, 0.05) is 16.5 Å². The highest BCUT2D eigenvalue weighted by molar-refractivity contribution is 6.02. The van der Waals surface area contributed by atoms with Crippen LogP contribution in [0.4, 0.5) is 0 Å². The first-order chi connectivity index (χ1) is 14.4. The molecule has 2 N–H and O–H groups in total. The third-order valence-electron chi connectivity index (χ3n) is 4.57. The summed E-state index contributed by atoms with van der Waals surface area (Å²) in [5, 5.41) is 0.746. The highest BCUT2D eigenvalue weighted by Gasteiger charge is 2.20. The zero-order chi connectivity index (χ0) is 21.8. The third kappa shape index (κ3) is 3.82. The van der Waals surface area contributed by atoms with Crippen molar-refractivity contribution in [3.63, 3.8) is 0 Å². The molecule has 0 fully saturated rings. The number of ether oxygens (including phenoxy) is 4. The number of methoxy groups -OCH3 is 4. The summed E-state index contributed by atoms with van der Waals surface area (Å²) in [6, 6.07) is 8.17. The highest BCUT2D eigenvalue weighted by atomic mass is 16.5. The number of benzene rings is 2. The van der Waals surface area contributed by atoms with Crippen molar-refractivity contribution in [2.45, 2.75) is 6.92 Å². The van der Waals surface area contributed by atoms with Crippen molar-refractivity contribution in [1.82, 2.24) is 10.9 Å². The molecule has 1 heterocycles. The summed E-state index contributed by atoms with van der Waals surface area (Å²) in [6.07, 6.45) is 0. The predicted molar refractivity (Wildman–Crippen MR) is 109 cm³/mol. The van der Waals surface area contributed by atoms with Crippen LogP contribution in [0.3, 0.4) is 0 Å². The molecule has 0 atom stereocenters. The molecule has 0 bridgehead atoms. The number of furan rings is 1. The molecule has 1 aromatic heterocycles. The molecule has 0 aliphatic heterocycles. The van der Waals surface area contributed by atoms with Gasteiger partial charge in [0.1, 0.15) is 11.3 Å². The van der Waals surface area contributed by atoms with Crippen LogP contribution in [0.25, 0.3) is 11.0 Å². The summed E-state index contributed by atoms with van der Waals surface area (Å²) in [5.41, 5.74) is 6.08. The van der Waals surface area contributed by atoms with Crippen molar-refractivity contribution in [3.05, 3.63) is 47.2 Å². The minimum absolute atomic E-state index is 0.0865. The standard InChI is InChI=1S/C21H22N2O7/c1-11-14-10-13(26-2)6-7-15(14)30-18(11)21(25)23-22-20(24)12-8-16(27-3)19(29-5)17(9-12)28-4/h6-10H,1-5H3,(H,22,24)(H,23,25). The number of rotatable bonds is 6. The van der Waals surface area contributed by atoms with E-state index in [1.165, 1.54) is 33.5 Å². The van der Waals surface area contributed by atoms with Gasteiger partial charge in [0.15, 0.2) is 17.3 Å². The fourth-order valence-corrected chi connectivity index (χ4v) is 3.00. The molecule has 9 heteroatoms. The Bertz CT molecular complexity index is 1080. The van der Waals surface area contributed by atoms with Crippen molar-refractivity contribution in [3.8, 4) is 23.0 Å². The van der Waals surface area contributed by atoms with Gasteiger partial charge in [-0.15, -0.1) is 0 Å². The van der Waals surface area contributed by atoms with Gasteiger partial charge in [-0.2, -0.15) is 0 Å². The minimum Gasteiger partial charge on any atom is -0.497 e. The molecule has 9 nitrogen and oxygen atoms in total. The Morgan fingerprint density at radius 3 is 2.03 bits per heavy atom. The number of carbonyl (C=O) groups excluding carboxylic acids is 2. The monoisotopic (exact) mass is 414 g/mol. The third-order valence-corrected chi connectivity index (χ3v) is 4.57. The number of nitrogens with one attached hydrogen (secondary N) is 2. The fourth-order valence-electron chi connectivity index (χ4n) is 3.00. The molecule has 3 rings (SSSR count). The first kappa shape index (κ1) is 20.8. The molecule has 3 aromatic rings. The van der Waals surface area contributed by atoms with E-state index in [1.54, 1.807) is 32.2 Å². The van der Waals surface area contributed by atoms with Gasteiger partial charge >= 0.3 is 5.91 Å². The van der Waals surface area contributed by atoms with Gasteiger partial charge in [0.25, 0.3) is 5.91 Å². The summed E-state index contributed by atoms with van der Waals surface area (Å²) in [7, 11) is 5.91. The molecular formula is C21H22N2O7.